The Kier molecular flexibility index (Phi) is 2.55. The number of benzene rings is 1. The Morgan fingerprint density at radius 2 is 2.33 bits per heavy atom. The number of hydrogen-bond acceptors (Lipinski definition) is 4. The van der Waals surface area contributed by atoms with Gasteiger partial charge in [-0.3, -0.25) is 0 Å². The van der Waals surface area contributed by atoms with Gasteiger partial charge < -0.3 is 5.11 Å². The van der Waals surface area contributed by atoms with E-state index in [1.807, 2.05) is 16.4 Å². The molecule has 1 saturated carbocycles. The van der Waals surface area contributed by atoms with Gasteiger partial charge in [0.1, 0.15) is 5.52 Å². The third-order valence-electron chi connectivity index (χ3n) is 3.44. The van der Waals surface area contributed by atoms with Crippen molar-refractivity contribution < 1.29 is 9.90 Å². The number of nitrogens with zero attached hydrogens (tertiary/aromatic N) is 3. The van der Waals surface area contributed by atoms with Gasteiger partial charge in [0.2, 0.25) is 0 Å². The molecule has 6 heteroatoms. The van der Waals surface area contributed by atoms with Crippen LogP contribution < -0.4 is 0 Å². The maximum atomic E-state index is 10.9. The van der Waals surface area contributed by atoms with Crippen molar-refractivity contribution in [2.24, 2.45) is 0 Å². The van der Waals surface area contributed by atoms with Gasteiger partial charge >= 0.3 is 5.97 Å². The molecule has 1 fully saturated rings. The van der Waals surface area contributed by atoms with Crippen LogP contribution in [0, 0.1) is 0 Å². The van der Waals surface area contributed by atoms with Gasteiger partial charge in [-0.2, -0.15) is 11.8 Å². The van der Waals surface area contributed by atoms with E-state index in [9.17, 15) is 4.79 Å². The van der Waals surface area contributed by atoms with Crippen LogP contribution in [0.2, 0.25) is 0 Å². The monoisotopic (exact) mass is 263 g/mol. The van der Waals surface area contributed by atoms with Crippen LogP contribution in [-0.4, -0.2) is 37.1 Å². The lowest BCUT2D eigenvalue weighted by Crippen LogP contribution is -2.14. The first kappa shape index (κ1) is 11.5. The molecule has 3 rings (SSSR count). The number of rotatable bonds is 4. The number of thioether (sulfide) groups is 1. The lowest BCUT2D eigenvalue weighted by atomic mass is 10.2. The van der Waals surface area contributed by atoms with Crippen LogP contribution in [0.15, 0.2) is 18.2 Å². The summed E-state index contributed by atoms with van der Waals surface area (Å²) in [7, 11) is 0. The van der Waals surface area contributed by atoms with Crippen LogP contribution in [0.25, 0.3) is 11.0 Å². The molecule has 0 saturated heterocycles. The van der Waals surface area contributed by atoms with Crippen molar-refractivity contribution in [3.05, 3.63) is 23.8 Å². The molecular weight excluding hydrogens is 250 g/mol. The first-order valence-corrected chi connectivity index (χ1v) is 6.98. The van der Waals surface area contributed by atoms with E-state index in [2.05, 4.69) is 16.6 Å². The Morgan fingerprint density at radius 1 is 1.56 bits per heavy atom. The second-order valence-electron chi connectivity index (χ2n) is 4.64. The normalized spacial score (nSPS) is 16.9. The maximum absolute atomic E-state index is 10.9. The molecule has 1 N–H and O–H groups in total. The molecule has 2 aromatic rings. The highest BCUT2D eigenvalue weighted by molar-refractivity contribution is 8.00. The number of fused-ring (bicyclic) bond motifs is 1. The standard InChI is InChI=1S/C12H13N3O2S/c1-18-12(4-5-12)7-15-10-3-2-8(11(16)17)6-9(10)13-14-15/h2-3,6H,4-5,7H2,1H3,(H,16,17). The SMILES string of the molecule is CSC1(Cn2nnc3cc(C(=O)O)ccc32)CC1. The number of carbonyl (C=O) groups is 1. The van der Waals surface area contributed by atoms with E-state index in [1.54, 1.807) is 18.2 Å². The number of carboxylic acids is 1. The van der Waals surface area contributed by atoms with E-state index in [1.165, 1.54) is 12.8 Å². The first-order chi connectivity index (χ1) is 8.63. The molecule has 0 bridgehead atoms. The smallest absolute Gasteiger partial charge is 0.335 e. The van der Waals surface area contributed by atoms with Crippen molar-refractivity contribution in [1.82, 2.24) is 15.0 Å². The van der Waals surface area contributed by atoms with Gasteiger partial charge in [0.25, 0.3) is 0 Å². The number of hydrogen-bond donors (Lipinski definition) is 1. The fourth-order valence-electron chi connectivity index (χ4n) is 2.06. The Labute approximate surface area is 108 Å². The van der Waals surface area contributed by atoms with E-state index < -0.39 is 5.97 Å². The van der Waals surface area contributed by atoms with Crippen molar-refractivity contribution in [3.8, 4) is 0 Å². The molecule has 1 aromatic heterocycles. The Bertz CT molecular complexity index is 619. The van der Waals surface area contributed by atoms with Crippen molar-refractivity contribution >= 4 is 28.8 Å². The summed E-state index contributed by atoms with van der Waals surface area (Å²) < 4.78 is 2.19. The van der Waals surface area contributed by atoms with Crippen molar-refractivity contribution in [3.63, 3.8) is 0 Å². The predicted octanol–water partition coefficient (Wildman–Crippen LogP) is 2.03. The number of aromatic nitrogens is 3. The summed E-state index contributed by atoms with van der Waals surface area (Å²) in [4.78, 5) is 10.9. The highest BCUT2D eigenvalue weighted by Crippen LogP contribution is 2.48. The van der Waals surface area contributed by atoms with Crippen LogP contribution >= 0.6 is 11.8 Å². The molecule has 1 aliphatic rings. The summed E-state index contributed by atoms with van der Waals surface area (Å²) in [6, 6.07) is 4.96. The minimum absolute atomic E-state index is 0.251. The molecule has 94 valence electrons. The zero-order chi connectivity index (χ0) is 12.8. The van der Waals surface area contributed by atoms with Crippen LogP contribution in [0.5, 0.6) is 0 Å². The summed E-state index contributed by atoms with van der Waals surface area (Å²) in [5.74, 6) is -0.936. The average Bonchev–Trinajstić information content (AvgIpc) is 3.04. The molecule has 5 nitrogen and oxygen atoms in total. The topological polar surface area (TPSA) is 68.0 Å². The molecular formula is C12H13N3O2S. The van der Waals surface area contributed by atoms with Gasteiger partial charge in [-0.25, -0.2) is 9.48 Å². The molecule has 0 radical (unpaired) electrons. The van der Waals surface area contributed by atoms with Gasteiger partial charge in [0.05, 0.1) is 17.6 Å². The largest absolute Gasteiger partial charge is 0.478 e. The lowest BCUT2D eigenvalue weighted by molar-refractivity contribution is 0.0697. The summed E-state index contributed by atoms with van der Waals surface area (Å²) in [5, 5.41) is 17.1. The maximum Gasteiger partial charge on any atom is 0.335 e. The van der Waals surface area contributed by atoms with Gasteiger partial charge in [0, 0.05) is 4.75 Å². The number of aromatic carboxylic acids is 1. The molecule has 18 heavy (non-hydrogen) atoms. The molecule has 1 aliphatic carbocycles. The second-order valence-corrected chi connectivity index (χ2v) is 5.92. The van der Waals surface area contributed by atoms with E-state index in [-0.39, 0.29) is 5.56 Å². The molecule has 0 atom stereocenters. The summed E-state index contributed by atoms with van der Waals surface area (Å²) in [5.41, 5.74) is 1.80. The van der Waals surface area contributed by atoms with Crippen LogP contribution in [0.1, 0.15) is 23.2 Å². The van der Waals surface area contributed by atoms with Crippen LogP contribution in [-0.2, 0) is 6.54 Å². The molecule has 0 unspecified atom stereocenters. The van der Waals surface area contributed by atoms with E-state index in [0.29, 0.717) is 10.3 Å². The molecule has 0 aliphatic heterocycles. The molecule has 1 heterocycles. The Balaban J connectivity index is 1.97. The van der Waals surface area contributed by atoms with Gasteiger partial charge in [-0.15, -0.1) is 5.10 Å². The van der Waals surface area contributed by atoms with Crippen molar-refractivity contribution in [2.75, 3.05) is 6.26 Å². The highest BCUT2D eigenvalue weighted by atomic mass is 32.2. The summed E-state index contributed by atoms with van der Waals surface area (Å²) in [6.45, 7) is 0.844. The molecule has 1 aromatic carbocycles. The molecule has 0 spiro atoms. The summed E-state index contributed by atoms with van der Waals surface area (Å²) in [6.07, 6.45) is 4.54. The minimum Gasteiger partial charge on any atom is -0.478 e. The molecule has 0 amide bonds. The van der Waals surface area contributed by atoms with E-state index >= 15 is 0 Å². The van der Waals surface area contributed by atoms with Gasteiger partial charge in [-0.1, -0.05) is 5.21 Å². The van der Waals surface area contributed by atoms with E-state index in [4.69, 9.17) is 5.11 Å². The Hall–Kier alpha value is -1.56. The average molecular weight is 263 g/mol. The number of carboxylic acid groups (broad SMARTS) is 1. The Morgan fingerprint density at radius 3 is 2.94 bits per heavy atom. The second kappa shape index (κ2) is 3.98. The highest BCUT2D eigenvalue weighted by Gasteiger charge is 2.42. The van der Waals surface area contributed by atoms with Crippen LogP contribution in [0.4, 0.5) is 0 Å². The quantitative estimate of drug-likeness (QED) is 0.914. The first-order valence-electron chi connectivity index (χ1n) is 5.75. The fraction of sp³-hybridized carbons (Fsp3) is 0.417. The van der Waals surface area contributed by atoms with Crippen molar-refractivity contribution in [2.45, 2.75) is 24.1 Å². The zero-order valence-electron chi connectivity index (χ0n) is 9.96. The third-order valence-corrected chi connectivity index (χ3v) is 4.84. The minimum atomic E-state index is -0.936. The third kappa shape index (κ3) is 1.86. The van der Waals surface area contributed by atoms with E-state index in [0.717, 1.165) is 12.1 Å². The van der Waals surface area contributed by atoms with Gasteiger partial charge in [0.15, 0.2) is 0 Å². The van der Waals surface area contributed by atoms with Crippen molar-refractivity contribution in [1.29, 1.82) is 0 Å². The lowest BCUT2D eigenvalue weighted by Gasteiger charge is -2.11. The van der Waals surface area contributed by atoms with Crippen LogP contribution in [0.3, 0.4) is 0 Å². The zero-order valence-corrected chi connectivity index (χ0v) is 10.8. The fourth-order valence-corrected chi connectivity index (χ4v) is 2.82. The summed E-state index contributed by atoms with van der Waals surface area (Å²) >= 11 is 1.87. The predicted molar refractivity (Wildman–Crippen MR) is 70.0 cm³/mol. The van der Waals surface area contributed by atoms with Gasteiger partial charge in [-0.05, 0) is 37.3 Å².